The molecule has 2 aliphatic rings. The lowest BCUT2D eigenvalue weighted by Gasteiger charge is -2.36. The highest BCUT2D eigenvalue weighted by atomic mass is 19.1. The minimum atomic E-state index is 0.180. The molecule has 1 heteroatoms. The Balaban J connectivity index is 1.52. The van der Waals surface area contributed by atoms with Gasteiger partial charge in [-0.3, -0.25) is 0 Å². The van der Waals surface area contributed by atoms with Crippen molar-refractivity contribution in [2.45, 2.75) is 97.3 Å². The van der Waals surface area contributed by atoms with Crippen molar-refractivity contribution in [1.29, 1.82) is 0 Å². The fourth-order valence-corrected chi connectivity index (χ4v) is 5.42. The van der Waals surface area contributed by atoms with Crippen LogP contribution in [0.15, 0.2) is 30.1 Å². The van der Waals surface area contributed by atoms with E-state index in [9.17, 15) is 4.39 Å². The summed E-state index contributed by atoms with van der Waals surface area (Å²) in [5, 5.41) is 0. The molecule has 0 radical (unpaired) electrons. The summed E-state index contributed by atoms with van der Waals surface area (Å²) in [4.78, 5) is 0. The minimum Gasteiger partial charge on any atom is -0.211 e. The maximum atomic E-state index is 14.9. The fraction of sp³-hybridized carbons (Fsp3) is 0.692. The molecule has 0 N–H and O–H groups in total. The van der Waals surface area contributed by atoms with Gasteiger partial charge in [-0.05, 0) is 66.6 Å². The van der Waals surface area contributed by atoms with Gasteiger partial charge in [-0.25, -0.2) is 4.39 Å². The molecule has 0 aromatic heterocycles. The van der Waals surface area contributed by atoms with Crippen molar-refractivity contribution in [1.82, 2.24) is 0 Å². The Morgan fingerprint density at radius 1 is 0.852 bits per heavy atom. The van der Waals surface area contributed by atoms with Gasteiger partial charge in [-0.2, -0.15) is 0 Å². The van der Waals surface area contributed by atoms with Gasteiger partial charge >= 0.3 is 0 Å². The predicted octanol–water partition coefficient (Wildman–Crippen LogP) is 8.51. The van der Waals surface area contributed by atoms with Crippen LogP contribution in [0.4, 0.5) is 4.39 Å². The van der Waals surface area contributed by atoms with Crippen LogP contribution in [0.2, 0.25) is 0 Å². The van der Waals surface area contributed by atoms with E-state index < -0.39 is 0 Å². The van der Waals surface area contributed by atoms with Crippen molar-refractivity contribution in [3.8, 4) is 0 Å². The normalized spacial score (nSPS) is 26.4. The Bertz CT molecular complexity index is 589. The van der Waals surface area contributed by atoms with Crippen LogP contribution in [0.25, 0.3) is 5.57 Å². The van der Waals surface area contributed by atoms with Gasteiger partial charge < -0.3 is 0 Å². The first-order chi connectivity index (χ1) is 13.2. The molecule has 0 amide bonds. The van der Waals surface area contributed by atoms with E-state index in [2.05, 4.69) is 38.1 Å². The Labute approximate surface area is 166 Å². The van der Waals surface area contributed by atoms with Gasteiger partial charge in [-0.15, -0.1) is 0 Å². The first-order valence-electron chi connectivity index (χ1n) is 11.7. The van der Waals surface area contributed by atoms with Crippen LogP contribution >= 0.6 is 0 Å². The topological polar surface area (TPSA) is 0 Å². The minimum absolute atomic E-state index is 0.180. The largest absolute Gasteiger partial charge is 0.211 e. The summed E-state index contributed by atoms with van der Waals surface area (Å²) in [6, 6.07) is 8.65. The standard InChI is InChI=1S/C26H39F/c1-3-5-6-8-21-9-13-22(14-10-21)24-17-18-25(26(27)19-24)23-15-11-20(7-4-2)12-16-23/h11-12,15-16,21-22,24H,3-10,13-14,17-19H2,1-2H3/t21?,22?,24-/m1/s1. The zero-order valence-electron chi connectivity index (χ0n) is 17.6. The molecule has 1 fully saturated rings. The Morgan fingerprint density at radius 3 is 2.22 bits per heavy atom. The molecule has 0 spiro atoms. The molecule has 3 rings (SSSR count). The average molecular weight is 371 g/mol. The molecular weight excluding hydrogens is 331 g/mol. The monoisotopic (exact) mass is 370 g/mol. The summed E-state index contributed by atoms with van der Waals surface area (Å²) in [6.07, 6.45) is 16.1. The maximum Gasteiger partial charge on any atom is 0.104 e. The highest BCUT2D eigenvalue weighted by Crippen LogP contribution is 2.44. The van der Waals surface area contributed by atoms with E-state index in [0.717, 1.165) is 35.8 Å². The van der Waals surface area contributed by atoms with Crippen LogP contribution in [0, 0.1) is 17.8 Å². The van der Waals surface area contributed by atoms with Crippen LogP contribution in [0.3, 0.4) is 0 Å². The molecule has 1 aromatic carbocycles. The third-order valence-electron chi connectivity index (χ3n) is 7.15. The van der Waals surface area contributed by atoms with E-state index in [0.29, 0.717) is 12.3 Å². The number of hydrogen-bond acceptors (Lipinski definition) is 0. The predicted molar refractivity (Wildman–Crippen MR) is 115 cm³/mol. The van der Waals surface area contributed by atoms with Crippen LogP contribution in [-0.2, 0) is 6.42 Å². The molecule has 1 atom stereocenters. The van der Waals surface area contributed by atoms with Gasteiger partial charge in [0, 0.05) is 6.42 Å². The smallest absolute Gasteiger partial charge is 0.104 e. The zero-order chi connectivity index (χ0) is 19.1. The third kappa shape index (κ3) is 5.69. The van der Waals surface area contributed by atoms with Gasteiger partial charge in [0.2, 0.25) is 0 Å². The second kappa shape index (κ2) is 10.4. The van der Waals surface area contributed by atoms with E-state index in [1.54, 1.807) is 0 Å². The maximum absolute atomic E-state index is 14.9. The van der Waals surface area contributed by atoms with E-state index in [1.165, 1.54) is 69.8 Å². The highest BCUT2D eigenvalue weighted by molar-refractivity contribution is 5.68. The van der Waals surface area contributed by atoms with Gasteiger partial charge in [-0.1, -0.05) is 83.1 Å². The van der Waals surface area contributed by atoms with Gasteiger partial charge in [0.15, 0.2) is 0 Å². The number of unbranched alkanes of at least 4 members (excludes halogenated alkanes) is 2. The van der Waals surface area contributed by atoms with E-state index >= 15 is 0 Å². The molecule has 1 saturated carbocycles. The number of aryl methyl sites for hydroxylation is 1. The lowest BCUT2D eigenvalue weighted by Crippen LogP contribution is -2.24. The first kappa shape index (κ1) is 20.6. The van der Waals surface area contributed by atoms with E-state index in [-0.39, 0.29) is 5.83 Å². The molecule has 2 aliphatic carbocycles. The first-order valence-corrected chi connectivity index (χ1v) is 11.7. The Kier molecular flexibility index (Phi) is 7.97. The number of rotatable bonds is 8. The van der Waals surface area contributed by atoms with Crippen molar-refractivity contribution < 1.29 is 4.39 Å². The quantitative estimate of drug-likeness (QED) is 0.402. The molecular formula is C26H39F. The van der Waals surface area contributed by atoms with Crippen molar-refractivity contribution >= 4 is 5.57 Å². The summed E-state index contributed by atoms with van der Waals surface area (Å²) in [5.41, 5.74) is 3.47. The summed E-state index contributed by atoms with van der Waals surface area (Å²) < 4.78 is 14.9. The number of benzene rings is 1. The summed E-state index contributed by atoms with van der Waals surface area (Å²) in [5.74, 6) is 2.49. The van der Waals surface area contributed by atoms with Crippen molar-refractivity contribution in [2.75, 3.05) is 0 Å². The summed E-state index contributed by atoms with van der Waals surface area (Å²) >= 11 is 0. The van der Waals surface area contributed by atoms with Gasteiger partial charge in [0.1, 0.15) is 5.83 Å². The molecule has 0 aliphatic heterocycles. The van der Waals surface area contributed by atoms with Crippen LogP contribution in [-0.4, -0.2) is 0 Å². The van der Waals surface area contributed by atoms with Gasteiger partial charge in [0.25, 0.3) is 0 Å². The van der Waals surface area contributed by atoms with Crippen LogP contribution in [0.1, 0.15) is 102 Å². The molecule has 0 saturated heterocycles. The molecule has 0 heterocycles. The molecule has 0 nitrogen and oxygen atoms in total. The van der Waals surface area contributed by atoms with Gasteiger partial charge in [0.05, 0.1) is 0 Å². The Morgan fingerprint density at radius 2 is 1.59 bits per heavy atom. The average Bonchev–Trinajstić information content (AvgIpc) is 2.70. The van der Waals surface area contributed by atoms with Crippen LogP contribution in [0.5, 0.6) is 0 Å². The number of halogens is 1. The summed E-state index contributed by atoms with van der Waals surface area (Å²) in [6.45, 7) is 4.49. The lowest BCUT2D eigenvalue weighted by atomic mass is 9.70. The van der Waals surface area contributed by atoms with E-state index in [4.69, 9.17) is 0 Å². The third-order valence-corrected chi connectivity index (χ3v) is 7.15. The lowest BCUT2D eigenvalue weighted by molar-refractivity contribution is 0.179. The summed E-state index contributed by atoms with van der Waals surface area (Å²) in [7, 11) is 0. The molecule has 0 unspecified atom stereocenters. The molecule has 1 aromatic rings. The molecule has 150 valence electrons. The second-order valence-electron chi connectivity index (χ2n) is 9.11. The molecule has 0 bridgehead atoms. The van der Waals surface area contributed by atoms with Crippen molar-refractivity contribution in [3.63, 3.8) is 0 Å². The fourth-order valence-electron chi connectivity index (χ4n) is 5.42. The van der Waals surface area contributed by atoms with Crippen molar-refractivity contribution in [3.05, 3.63) is 41.2 Å². The van der Waals surface area contributed by atoms with E-state index in [1.807, 2.05) is 0 Å². The molecule has 27 heavy (non-hydrogen) atoms. The SMILES string of the molecule is CCCCCC1CCC([C@@H]2CCC(c3ccc(CCC)cc3)=C(F)C2)CC1. The second-order valence-corrected chi connectivity index (χ2v) is 9.11. The Hall–Kier alpha value is -1.11. The van der Waals surface area contributed by atoms with Crippen LogP contribution < -0.4 is 0 Å². The zero-order valence-corrected chi connectivity index (χ0v) is 17.6. The number of hydrogen-bond donors (Lipinski definition) is 0. The highest BCUT2D eigenvalue weighted by Gasteiger charge is 2.31. The van der Waals surface area contributed by atoms with Crippen molar-refractivity contribution in [2.24, 2.45) is 17.8 Å². The number of allylic oxidation sites excluding steroid dienone is 2.